The minimum absolute atomic E-state index is 0.0331. The molecule has 4 rings (SSSR count). The number of rotatable bonds is 4. The van der Waals surface area contributed by atoms with Crippen molar-refractivity contribution in [3.05, 3.63) is 101 Å². The van der Waals surface area contributed by atoms with Gasteiger partial charge in [-0.3, -0.25) is 10.0 Å². The number of hydroxylamine groups is 1. The number of benzene rings is 3. The fourth-order valence-corrected chi connectivity index (χ4v) is 4.38. The van der Waals surface area contributed by atoms with Crippen molar-refractivity contribution in [2.45, 2.75) is 31.8 Å². The molecule has 142 valence electrons. The Balaban J connectivity index is 1.73. The van der Waals surface area contributed by atoms with Gasteiger partial charge in [-0.05, 0) is 34.9 Å². The van der Waals surface area contributed by atoms with Crippen molar-refractivity contribution in [2.24, 2.45) is 0 Å². The third-order valence-corrected chi connectivity index (χ3v) is 5.69. The summed E-state index contributed by atoms with van der Waals surface area (Å²) in [6.07, 6.45) is 0. The number of amides is 1. The lowest BCUT2D eigenvalue weighted by atomic mass is 9.77. The van der Waals surface area contributed by atoms with E-state index in [1.165, 1.54) is 16.8 Å². The summed E-state index contributed by atoms with van der Waals surface area (Å²) in [6.45, 7) is 5.34. The largest absolute Gasteiger partial charge is 0.359 e. The van der Waals surface area contributed by atoms with Crippen LogP contribution in [-0.2, 0) is 12.0 Å². The van der Waals surface area contributed by atoms with E-state index in [9.17, 15) is 4.79 Å². The van der Waals surface area contributed by atoms with Gasteiger partial charge >= 0.3 is 0 Å². The molecule has 0 radical (unpaired) electrons. The van der Waals surface area contributed by atoms with E-state index in [2.05, 4.69) is 67.3 Å². The Kier molecular flexibility index (Phi) is 4.65. The molecule has 0 fully saturated rings. The second-order valence-electron chi connectivity index (χ2n) is 7.82. The third kappa shape index (κ3) is 3.06. The molecule has 1 amide bonds. The van der Waals surface area contributed by atoms with Crippen LogP contribution in [0.2, 0.25) is 0 Å². The number of hydrogen-bond donors (Lipinski definition) is 2. The quantitative estimate of drug-likeness (QED) is 0.509. The molecular formula is C24H24N2O2. The molecule has 0 aliphatic carbocycles. The van der Waals surface area contributed by atoms with Crippen LogP contribution in [0.15, 0.2) is 78.9 Å². The summed E-state index contributed by atoms with van der Waals surface area (Å²) in [5.74, 6) is -0.499. The normalized spacial score (nSPS) is 17.2. The Morgan fingerprint density at radius 1 is 0.964 bits per heavy atom. The first-order valence-electron chi connectivity index (χ1n) is 9.47. The van der Waals surface area contributed by atoms with Crippen molar-refractivity contribution >= 4 is 11.6 Å². The molecule has 2 N–H and O–H groups in total. The standard InChI is InChI=1S/C24H24N2O2/c1-24(2)20-10-6-7-11-21(20)26(22(24)18-8-4-3-5-9-18)16-17-12-14-19(15-13-17)23(27)25-28/h3-15,22,28H,16H2,1-2H3,(H,25,27). The van der Waals surface area contributed by atoms with Crippen LogP contribution < -0.4 is 10.4 Å². The van der Waals surface area contributed by atoms with E-state index in [0.717, 1.165) is 12.1 Å². The summed E-state index contributed by atoms with van der Waals surface area (Å²) < 4.78 is 0. The number of nitrogens with zero attached hydrogens (tertiary/aromatic N) is 1. The first-order chi connectivity index (χ1) is 13.5. The Labute approximate surface area is 165 Å². The molecule has 1 aliphatic heterocycles. The minimum atomic E-state index is -0.499. The number of fused-ring (bicyclic) bond motifs is 1. The maximum Gasteiger partial charge on any atom is 0.274 e. The lowest BCUT2D eigenvalue weighted by Crippen LogP contribution is -2.33. The molecule has 3 aromatic carbocycles. The average Bonchev–Trinajstić information content (AvgIpc) is 2.95. The fraction of sp³-hybridized carbons (Fsp3) is 0.208. The highest BCUT2D eigenvalue weighted by molar-refractivity contribution is 5.93. The number of hydrogen-bond acceptors (Lipinski definition) is 3. The van der Waals surface area contributed by atoms with Crippen LogP contribution in [0.5, 0.6) is 0 Å². The van der Waals surface area contributed by atoms with E-state index in [-0.39, 0.29) is 11.5 Å². The third-order valence-electron chi connectivity index (χ3n) is 5.69. The molecule has 0 saturated heterocycles. The van der Waals surface area contributed by atoms with Gasteiger partial charge in [-0.15, -0.1) is 0 Å². The van der Waals surface area contributed by atoms with Crippen molar-refractivity contribution in [2.75, 3.05) is 4.90 Å². The number of carbonyl (C=O) groups is 1. The van der Waals surface area contributed by atoms with Gasteiger partial charge < -0.3 is 4.90 Å². The second kappa shape index (κ2) is 7.13. The van der Waals surface area contributed by atoms with Crippen molar-refractivity contribution in [1.29, 1.82) is 0 Å². The average molecular weight is 372 g/mol. The number of carbonyl (C=O) groups excluding carboxylic acids is 1. The molecule has 0 bridgehead atoms. The molecule has 28 heavy (non-hydrogen) atoms. The van der Waals surface area contributed by atoms with Crippen molar-refractivity contribution in [3.8, 4) is 0 Å². The summed E-state index contributed by atoms with van der Waals surface area (Å²) >= 11 is 0. The zero-order chi connectivity index (χ0) is 19.7. The molecule has 0 spiro atoms. The summed E-state index contributed by atoms with van der Waals surface area (Å²) in [4.78, 5) is 14.0. The van der Waals surface area contributed by atoms with Crippen LogP contribution in [0.4, 0.5) is 5.69 Å². The fourth-order valence-electron chi connectivity index (χ4n) is 4.38. The lowest BCUT2D eigenvalue weighted by Gasteiger charge is -2.35. The molecule has 4 nitrogen and oxygen atoms in total. The van der Waals surface area contributed by atoms with Gasteiger partial charge in [-0.1, -0.05) is 74.5 Å². The molecule has 0 aromatic heterocycles. The smallest absolute Gasteiger partial charge is 0.274 e. The minimum Gasteiger partial charge on any atom is -0.359 e. The maximum atomic E-state index is 11.6. The van der Waals surface area contributed by atoms with Gasteiger partial charge in [0.15, 0.2) is 0 Å². The Hall–Kier alpha value is -3.11. The van der Waals surface area contributed by atoms with Gasteiger partial charge in [0, 0.05) is 23.2 Å². The molecule has 1 unspecified atom stereocenters. The number of anilines is 1. The molecule has 3 aromatic rings. The van der Waals surface area contributed by atoms with Gasteiger partial charge in [-0.25, -0.2) is 5.48 Å². The van der Waals surface area contributed by atoms with Crippen molar-refractivity contribution in [3.63, 3.8) is 0 Å². The van der Waals surface area contributed by atoms with Crippen LogP contribution in [0.1, 0.15) is 46.9 Å². The van der Waals surface area contributed by atoms with Gasteiger partial charge in [0.2, 0.25) is 0 Å². The second-order valence-corrected chi connectivity index (χ2v) is 7.82. The number of nitrogens with one attached hydrogen (secondary N) is 1. The zero-order valence-electron chi connectivity index (χ0n) is 16.1. The van der Waals surface area contributed by atoms with E-state index in [1.54, 1.807) is 17.6 Å². The first kappa shape index (κ1) is 18.3. The monoisotopic (exact) mass is 372 g/mol. The molecule has 1 heterocycles. The van der Waals surface area contributed by atoms with Gasteiger partial charge in [0.25, 0.3) is 5.91 Å². The van der Waals surface area contributed by atoms with Gasteiger partial charge in [0.05, 0.1) is 6.04 Å². The van der Waals surface area contributed by atoms with Crippen LogP contribution >= 0.6 is 0 Å². The Morgan fingerprint density at radius 2 is 1.61 bits per heavy atom. The Bertz CT molecular complexity index is 981. The molecule has 0 saturated carbocycles. The summed E-state index contributed by atoms with van der Waals surface area (Å²) in [7, 11) is 0. The first-order valence-corrected chi connectivity index (χ1v) is 9.47. The van der Waals surface area contributed by atoms with Crippen LogP contribution in [-0.4, -0.2) is 11.1 Å². The van der Waals surface area contributed by atoms with Crippen molar-refractivity contribution < 1.29 is 10.0 Å². The molecule has 1 aliphatic rings. The van der Waals surface area contributed by atoms with E-state index < -0.39 is 5.91 Å². The SMILES string of the molecule is CC1(C)c2ccccc2N(Cc2ccc(C(=O)NO)cc2)C1c1ccccc1. The van der Waals surface area contributed by atoms with E-state index in [4.69, 9.17) is 5.21 Å². The van der Waals surface area contributed by atoms with Crippen LogP contribution in [0, 0.1) is 0 Å². The summed E-state index contributed by atoms with van der Waals surface area (Å²) in [5, 5.41) is 8.81. The Morgan fingerprint density at radius 3 is 2.29 bits per heavy atom. The van der Waals surface area contributed by atoms with Crippen LogP contribution in [0.25, 0.3) is 0 Å². The van der Waals surface area contributed by atoms with E-state index in [1.807, 2.05) is 18.2 Å². The topological polar surface area (TPSA) is 52.6 Å². The highest BCUT2D eigenvalue weighted by Gasteiger charge is 2.44. The number of para-hydroxylation sites is 1. The predicted octanol–water partition coefficient (Wildman–Crippen LogP) is 4.84. The van der Waals surface area contributed by atoms with Crippen LogP contribution in [0.3, 0.4) is 0 Å². The molecule has 1 atom stereocenters. The zero-order valence-corrected chi connectivity index (χ0v) is 16.1. The highest BCUT2D eigenvalue weighted by Crippen LogP contribution is 2.53. The van der Waals surface area contributed by atoms with Crippen molar-refractivity contribution in [1.82, 2.24) is 5.48 Å². The maximum absolute atomic E-state index is 11.6. The van der Waals surface area contributed by atoms with E-state index in [0.29, 0.717) is 5.56 Å². The molecular weight excluding hydrogens is 348 g/mol. The highest BCUT2D eigenvalue weighted by atomic mass is 16.5. The predicted molar refractivity (Wildman–Crippen MR) is 111 cm³/mol. The van der Waals surface area contributed by atoms with E-state index >= 15 is 0 Å². The summed E-state index contributed by atoms with van der Waals surface area (Å²) in [6, 6.07) is 26.8. The van der Waals surface area contributed by atoms with Gasteiger partial charge in [0.1, 0.15) is 0 Å². The van der Waals surface area contributed by atoms with Gasteiger partial charge in [-0.2, -0.15) is 0 Å². The summed E-state index contributed by atoms with van der Waals surface area (Å²) in [5.41, 5.74) is 7.08. The lowest BCUT2D eigenvalue weighted by molar-refractivity contribution is 0.0706. The molecule has 4 heteroatoms.